The number of nitrogens with one attached hydrogen (secondary N) is 1. The lowest BCUT2D eigenvalue weighted by Gasteiger charge is -2.08. The van der Waals surface area contributed by atoms with Gasteiger partial charge in [0.25, 0.3) is 0 Å². The number of hydrogen-bond donors (Lipinski definition) is 1. The molecule has 0 spiro atoms. The van der Waals surface area contributed by atoms with E-state index in [4.69, 9.17) is 0 Å². The van der Waals surface area contributed by atoms with Gasteiger partial charge in [0.05, 0.1) is 0 Å². The SMILES string of the molecule is C=C(C)CNS(=O)(=O)c1c(F)cc(F)cc1F. The van der Waals surface area contributed by atoms with Gasteiger partial charge in [0, 0.05) is 18.7 Å². The summed E-state index contributed by atoms with van der Waals surface area (Å²) in [6.07, 6.45) is 0. The van der Waals surface area contributed by atoms with Gasteiger partial charge in [-0.05, 0) is 6.92 Å². The zero-order valence-electron chi connectivity index (χ0n) is 8.93. The number of rotatable bonds is 4. The molecule has 1 rings (SSSR count). The van der Waals surface area contributed by atoms with Crippen LogP contribution in [0.5, 0.6) is 0 Å². The van der Waals surface area contributed by atoms with Gasteiger partial charge < -0.3 is 0 Å². The fraction of sp³-hybridized carbons (Fsp3) is 0.200. The third-order valence-electron chi connectivity index (χ3n) is 1.80. The Morgan fingerprint density at radius 1 is 1.29 bits per heavy atom. The van der Waals surface area contributed by atoms with Crippen LogP contribution in [-0.4, -0.2) is 15.0 Å². The topological polar surface area (TPSA) is 46.2 Å². The van der Waals surface area contributed by atoms with Crippen LogP contribution in [0.3, 0.4) is 0 Å². The van der Waals surface area contributed by atoms with Crippen LogP contribution in [0.2, 0.25) is 0 Å². The van der Waals surface area contributed by atoms with Gasteiger partial charge in [-0.25, -0.2) is 26.3 Å². The van der Waals surface area contributed by atoms with Gasteiger partial charge in [-0.15, -0.1) is 0 Å². The zero-order chi connectivity index (χ0) is 13.2. The maximum absolute atomic E-state index is 13.2. The highest BCUT2D eigenvalue weighted by Gasteiger charge is 2.24. The maximum atomic E-state index is 13.2. The molecule has 7 heteroatoms. The first-order chi connectivity index (χ1) is 7.74. The predicted octanol–water partition coefficient (Wildman–Crippen LogP) is 1.96. The van der Waals surface area contributed by atoms with Crippen LogP contribution in [0.25, 0.3) is 0 Å². The number of hydrogen-bond acceptors (Lipinski definition) is 2. The molecule has 0 heterocycles. The van der Waals surface area contributed by atoms with E-state index in [1.54, 1.807) is 6.92 Å². The molecule has 0 atom stereocenters. The summed E-state index contributed by atoms with van der Waals surface area (Å²) in [5.74, 6) is -4.13. The Labute approximate surface area is 97.0 Å². The molecular weight excluding hydrogens is 255 g/mol. The van der Waals surface area contributed by atoms with Crippen molar-refractivity contribution in [1.82, 2.24) is 4.72 Å². The fourth-order valence-corrected chi connectivity index (χ4v) is 2.29. The van der Waals surface area contributed by atoms with Crippen molar-refractivity contribution in [2.75, 3.05) is 6.54 Å². The van der Waals surface area contributed by atoms with E-state index in [2.05, 4.69) is 6.58 Å². The smallest absolute Gasteiger partial charge is 0.207 e. The molecule has 0 aliphatic carbocycles. The van der Waals surface area contributed by atoms with Crippen molar-refractivity contribution in [2.45, 2.75) is 11.8 Å². The van der Waals surface area contributed by atoms with Crippen LogP contribution >= 0.6 is 0 Å². The molecule has 0 bridgehead atoms. The molecule has 1 aromatic carbocycles. The summed E-state index contributed by atoms with van der Waals surface area (Å²) in [6, 6.07) is 0.608. The van der Waals surface area contributed by atoms with Gasteiger partial charge in [0.2, 0.25) is 10.0 Å². The van der Waals surface area contributed by atoms with E-state index in [0.717, 1.165) is 0 Å². The van der Waals surface area contributed by atoms with E-state index in [1.165, 1.54) is 0 Å². The van der Waals surface area contributed by atoms with Crippen molar-refractivity contribution in [1.29, 1.82) is 0 Å². The van der Waals surface area contributed by atoms with Crippen molar-refractivity contribution >= 4 is 10.0 Å². The van der Waals surface area contributed by atoms with Gasteiger partial charge in [0.15, 0.2) is 4.90 Å². The van der Waals surface area contributed by atoms with Gasteiger partial charge >= 0.3 is 0 Å². The van der Waals surface area contributed by atoms with E-state index in [9.17, 15) is 21.6 Å². The first-order valence-electron chi connectivity index (χ1n) is 4.52. The molecule has 0 aliphatic rings. The molecule has 0 amide bonds. The van der Waals surface area contributed by atoms with Crippen LogP contribution < -0.4 is 4.72 Å². The summed E-state index contributed by atoms with van der Waals surface area (Å²) in [6.45, 7) is 4.82. The monoisotopic (exact) mass is 265 g/mol. The minimum Gasteiger partial charge on any atom is -0.207 e. The molecule has 1 aromatic rings. The average Bonchev–Trinajstić information content (AvgIpc) is 2.12. The fourth-order valence-electron chi connectivity index (χ4n) is 1.08. The standard InChI is InChI=1S/C10H10F3NO2S/c1-6(2)5-14-17(15,16)10-8(12)3-7(11)4-9(10)13/h3-4,14H,1,5H2,2H3. The summed E-state index contributed by atoms with van der Waals surface area (Å²) in [5.41, 5.74) is 0.469. The lowest BCUT2D eigenvalue weighted by molar-refractivity contribution is 0.494. The van der Waals surface area contributed by atoms with Crippen molar-refractivity contribution in [3.05, 3.63) is 41.7 Å². The Hall–Kier alpha value is -1.34. The van der Waals surface area contributed by atoms with Crippen LogP contribution in [0.1, 0.15) is 6.92 Å². The highest BCUT2D eigenvalue weighted by atomic mass is 32.2. The van der Waals surface area contributed by atoms with E-state index >= 15 is 0 Å². The molecular formula is C10H10F3NO2S. The molecule has 0 aliphatic heterocycles. The Kier molecular flexibility index (Phi) is 3.94. The Morgan fingerprint density at radius 3 is 2.18 bits per heavy atom. The number of halogens is 3. The van der Waals surface area contributed by atoms with E-state index in [1.807, 2.05) is 4.72 Å². The van der Waals surface area contributed by atoms with Crippen molar-refractivity contribution in [2.24, 2.45) is 0 Å². The second kappa shape index (κ2) is 4.89. The summed E-state index contributed by atoms with van der Waals surface area (Å²) >= 11 is 0. The maximum Gasteiger partial charge on any atom is 0.246 e. The molecule has 1 N–H and O–H groups in total. The van der Waals surface area contributed by atoms with Crippen LogP contribution in [0.4, 0.5) is 13.2 Å². The van der Waals surface area contributed by atoms with E-state index < -0.39 is 32.4 Å². The van der Waals surface area contributed by atoms with Crippen molar-refractivity contribution in [3.8, 4) is 0 Å². The minimum atomic E-state index is -4.36. The highest BCUT2D eigenvalue weighted by Crippen LogP contribution is 2.19. The molecule has 0 saturated heterocycles. The van der Waals surface area contributed by atoms with Crippen LogP contribution in [-0.2, 0) is 10.0 Å². The first-order valence-corrected chi connectivity index (χ1v) is 6.01. The molecule has 0 aromatic heterocycles. The molecule has 0 unspecified atom stereocenters. The Bertz CT molecular complexity index is 532. The molecule has 0 fully saturated rings. The van der Waals surface area contributed by atoms with Crippen molar-refractivity contribution in [3.63, 3.8) is 0 Å². The normalized spacial score (nSPS) is 11.5. The first kappa shape index (κ1) is 13.7. The lowest BCUT2D eigenvalue weighted by Crippen LogP contribution is -2.27. The largest absolute Gasteiger partial charge is 0.246 e. The van der Waals surface area contributed by atoms with Gasteiger partial charge in [0.1, 0.15) is 17.5 Å². The van der Waals surface area contributed by atoms with E-state index in [0.29, 0.717) is 17.7 Å². The quantitative estimate of drug-likeness (QED) is 0.846. The zero-order valence-corrected chi connectivity index (χ0v) is 9.74. The van der Waals surface area contributed by atoms with Gasteiger partial charge in [-0.2, -0.15) is 0 Å². The van der Waals surface area contributed by atoms with Gasteiger partial charge in [-0.3, -0.25) is 0 Å². The van der Waals surface area contributed by atoms with Crippen molar-refractivity contribution < 1.29 is 21.6 Å². The summed E-state index contributed by atoms with van der Waals surface area (Å²) in [5, 5.41) is 0. The Balaban J connectivity index is 3.20. The summed E-state index contributed by atoms with van der Waals surface area (Å²) in [4.78, 5) is -1.19. The Morgan fingerprint density at radius 2 is 1.76 bits per heavy atom. The lowest BCUT2D eigenvalue weighted by atomic mass is 10.3. The third-order valence-corrected chi connectivity index (χ3v) is 3.25. The van der Waals surface area contributed by atoms with Crippen LogP contribution in [0.15, 0.2) is 29.2 Å². The summed E-state index contributed by atoms with van der Waals surface area (Å²) in [7, 11) is -4.36. The van der Waals surface area contributed by atoms with E-state index in [-0.39, 0.29) is 6.54 Å². The molecule has 17 heavy (non-hydrogen) atoms. The van der Waals surface area contributed by atoms with Crippen LogP contribution in [0, 0.1) is 17.5 Å². The number of benzene rings is 1. The summed E-state index contributed by atoms with van der Waals surface area (Å²) < 4.78 is 64.0. The molecule has 0 saturated carbocycles. The molecule has 3 nitrogen and oxygen atoms in total. The predicted molar refractivity (Wildman–Crippen MR) is 56.3 cm³/mol. The average molecular weight is 265 g/mol. The second-order valence-corrected chi connectivity index (χ2v) is 5.18. The third kappa shape index (κ3) is 3.31. The number of sulfonamides is 1. The van der Waals surface area contributed by atoms with Gasteiger partial charge in [-0.1, -0.05) is 12.2 Å². The molecule has 94 valence electrons. The second-order valence-electron chi connectivity index (χ2n) is 3.48. The highest BCUT2D eigenvalue weighted by molar-refractivity contribution is 7.89. The molecule has 0 radical (unpaired) electrons. The minimum absolute atomic E-state index is 0.154.